The summed E-state index contributed by atoms with van der Waals surface area (Å²) in [5.74, 6) is 0.146. The van der Waals surface area contributed by atoms with Crippen LogP contribution in [0.15, 0.2) is 0 Å². The molecule has 0 aromatic rings. The Bertz CT molecular complexity index is 265. The van der Waals surface area contributed by atoms with Crippen molar-refractivity contribution in [2.24, 2.45) is 5.73 Å². The number of carbonyl (C=O) groups excluding carboxylic acids is 1. The zero-order chi connectivity index (χ0) is 12.8. The van der Waals surface area contributed by atoms with Crippen molar-refractivity contribution in [3.63, 3.8) is 0 Å². The van der Waals surface area contributed by atoms with E-state index in [1.807, 2.05) is 0 Å². The highest BCUT2D eigenvalue weighted by Gasteiger charge is 2.23. The first kappa shape index (κ1) is 13.8. The molecule has 2 fully saturated rings. The van der Waals surface area contributed by atoms with Gasteiger partial charge >= 0.3 is 0 Å². The van der Waals surface area contributed by atoms with E-state index in [-0.39, 0.29) is 18.0 Å². The number of nitrogens with one attached hydrogen (secondary N) is 1. The summed E-state index contributed by atoms with van der Waals surface area (Å²) in [7, 11) is 0. The number of carbonyl (C=O) groups is 1. The van der Waals surface area contributed by atoms with Crippen LogP contribution in [0.2, 0.25) is 0 Å². The monoisotopic (exact) mass is 254 g/mol. The molecule has 4 heteroatoms. The molecular formula is C14H26N2O2. The van der Waals surface area contributed by atoms with Gasteiger partial charge in [-0.15, -0.1) is 0 Å². The van der Waals surface area contributed by atoms with Crippen molar-refractivity contribution in [2.45, 2.75) is 76.0 Å². The highest BCUT2D eigenvalue weighted by Crippen LogP contribution is 2.18. The quantitative estimate of drug-likeness (QED) is 0.751. The van der Waals surface area contributed by atoms with Gasteiger partial charge in [-0.25, -0.2) is 0 Å². The molecule has 0 aromatic heterocycles. The van der Waals surface area contributed by atoms with Crippen LogP contribution in [0.1, 0.15) is 57.8 Å². The molecule has 3 unspecified atom stereocenters. The minimum atomic E-state index is 0.138. The van der Waals surface area contributed by atoms with Crippen LogP contribution in [0.3, 0.4) is 0 Å². The first-order valence-electron chi connectivity index (χ1n) is 7.42. The van der Waals surface area contributed by atoms with Crippen molar-refractivity contribution in [1.29, 1.82) is 0 Å². The third-order valence-corrected chi connectivity index (χ3v) is 4.13. The Morgan fingerprint density at radius 3 is 2.78 bits per heavy atom. The minimum absolute atomic E-state index is 0.138. The predicted molar refractivity (Wildman–Crippen MR) is 71.2 cm³/mol. The van der Waals surface area contributed by atoms with Crippen LogP contribution >= 0.6 is 0 Å². The van der Waals surface area contributed by atoms with Crippen LogP contribution in [0.4, 0.5) is 0 Å². The Kier molecular flexibility index (Phi) is 5.45. The number of rotatable bonds is 4. The summed E-state index contributed by atoms with van der Waals surface area (Å²) < 4.78 is 5.53. The summed E-state index contributed by atoms with van der Waals surface area (Å²) in [6.45, 7) is 0.861. The standard InChI is InChI=1S/C14H26N2O2/c15-12-6-2-1-3-7-13(12)16-14(17)9-8-11-5-4-10-18-11/h11-13H,1-10,15H2,(H,16,17). The molecule has 3 N–H and O–H groups in total. The van der Waals surface area contributed by atoms with Crippen molar-refractivity contribution in [3.05, 3.63) is 0 Å². The molecule has 1 saturated heterocycles. The van der Waals surface area contributed by atoms with Gasteiger partial charge in [-0.2, -0.15) is 0 Å². The zero-order valence-corrected chi connectivity index (χ0v) is 11.2. The van der Waals surface area contributed by atoms with Crippen LogP contribution in [0.5, 0.6) is 0 Å². The van der Waals surface area contributed by atoms with Gasteiger partial charge in [0.25, 0.3) is 0 Å². The second-order valence-corrected chi connectivity index (χ2v) is 5.65. The van der Waals surface area contributed by atoms with Crippen LogP contribution in [0.25, 0.3) is 0 Å². The Morgan fingerprint density at radius 1 is 1.17 bits per heavy atom. The summed E-state index contributed by atoms with van der Waals surface area (Å²) in [4.78, 5) is 11.9. The summed E-state index contributed by atoms with van der Waals surface area (Å²) in [5, 5.41) is 3.11. The Morgan fingerprint density at radius 2 is 2.00 bits per heavy atom. The van der Waals surface area contributed by atoms with E-state index in [0.717, 1.165) is 38.7 Å². The molecule has 0 spiro atoms. The van der Waals surface area contributed by atoms with Gasteiger partial charge in [0.2, 0.25) is 5.91 Å². The smallest absolute Gasteiger partial charge is 0.220 e. The molecular weight excluding hydrogens is 228 g/mol. The van der Waals surface area contributed by atoms with Crippen molar-refractivity contribution < 1.29 is 9.53 Å². The fourth-order valence-corrected chi connectivity index (χ4v) is 2.96. The highest BCUT2D eigenvalue weighted by atomic mass is 16.5. The van der Waals surface area contributed by atoms with E-state index < -0.39 is 0 Å². The molecule has 104 valence electrons. The molecule has 2 aliphatic rings. The second-order valence-electron chi connectivity index (χ2n) is 5.65. The van der Waals surface area contributed by atoms with Crippen LogP contribution < -0.4 is 11.1 Å². The lowest BCUT2D eigenvalue weighted by molar-refractivity contribution is -0.122. The normalized spacial score (nSPS) is 33.1. The Labute approximate surface area is 110 Å². The maximum absolute atomic E-state index is 11.9. The summed E-state index contributed by atoms with van der Waals surface area (Å²) in [5.41, 5.74) is 6.11. The second kappa shape index (κ2) is 7.10. The number of hydrogen-bond acceptors (Lipinski definition) is 3. The van der Waals surface area contributed by atoms with E-state index in [1.54, 1.807) is 0 Å². The van der Waals surface area contributed by atoms with Crippen LogP contribution in [0, 0.1) is 0 Å². The largest absolute Gasteiger partial charge is 0.378 e. The van der Waals surface area contributed by atoms with E-state index in [2.05, 4.69) is 5.32 Å². The van der Waals surface area contributed by atoms with E-state index in [1.165, 1.54) is 19.3 Å². The van der Waals surface area contributed by atoms with Crippen molar-refractivity contribution in [2.75, 3.05) is 6.61 Å². The molecule has 3 atom stereocenters. The summed E-state index contributed by atoms with van der Waals surface area (Å²) in [6, 6.07) is 0.323. The number of nitrogens with two attached hydrogens (primary N) is 1. The fraction of sp³-hybridized carbons (Fsp3) is 0.929. The molecule has 0 bridgehead atoms. The molecule has 0 aromatic carbocycles. The first-order chi connectivity index (χ1) is 8.75. The van der Waals surface area contributed by atoms with Crippen molar-refractivity contribution in [3.8, 4) is 0 Å². The van der Waals surface area contributed by atoms with Gasteiger partial charge in [0.1, 0.15) is 0 Å². The third kappa shape index (κ3) is 4.25. The van der Waals surface area contributed by atoms with Crippen LogP contribution in [-0.2, 0) is 9.53 Å². The minimum Gasteiger partial charge on any atom is -0.378 e. The summed E-state index contributed by atoms with van der Waals surface area (Å²) >= 11 is 0. The van der Waals surface area contributed by atoms with Gasteiger partial charge in [0, 0.05) is 25.1 Å². The van der Waals surface area contributed by atoms with Gasteiger partial charge < -0.3 is 15.8 Å². The highest BCUT2D eigenvalue weighted by molar-refractivity contribution is 5.76. The zero-order valence-electron chi connectivity index (χ0n) is 11.2. The van der Waals surface area contributed by atoms with Crippen LogP contribution in [-0.4, -0.2) is 30.7 Å². The lowest BCUT2D eigenvalue weighted by Crippen LogP contribution is -2.47. The van der Waals surface area contributed by atoms with Gasteiger partial charge in [-0.1, -0.05) is 19.3 Å². The predicted octanol–water partition coefficient (Wildman–Crippen LogP) is 1.72. The van der Waals surface area contributed by atoms with Crippen molar-refractivity contribution in [1.82, 2.24) is 5.32 Å². The molecule has 0 radical (unpaired) electrons. The van der Waals surface area contributed by atoms with E-state index >= 15 is 0 Å². The molecule has 18 heavy (non-hydrogen) atoms. The number of ether oxygens (including phenoxy) is 1. The van der Waals surface area contributed by atoms with Gasteiger partial charge in [0.05, 0.1) is 6.10 Å². The van der Waals surface area contributed by atoms with Gasteiger partial charge in [-0.05, 0) is 32.1 Å². The molecule has 1 saturated carbocycles. The molecule has 1 aliphatic carbocycles. The van der Waals surface area contributed by atoms with E-state index in [9.17, 15) is 4.79 Å². The maximum atomic E-state index is 11.9. The van der Waals surface area contributed by atoms with E-state index in [0.29, 0.717) is 12.5 Å². The SMILES string of the molecule is NC1CCCCCC1NC(=O)CCC1CCCO1. The lowest BCUT2D eigenvalue weighted by atomic mass is 10.0. The first-order valence-corrected chi connectivity index (χ1v) is 7.42. The lowest BCUT2D eigenvalue weighted by Gasteiger charge is -2.23. The molecule has 1 aliphatic heterocycles. The average molecular weight is 254 g/mol. The topological polar surface area (TPSA) is 64.3 Å². The third-order valence-electron chi connectivity index (χ3n) is 4.13. The van der Waals surface area contributed by atoms with E-state index in [4.69, 9.17) is 10.5 Å². The Balaban J connectivity index is 1.68. The van der Waals surface area contributed by atoms with Gasteiger partial charge in [-0.3, -0.25) is 4.79 Å². The summed E-state index contributed by atoms with van der Waals surface area (Å²) in [6.07, 6.45) is 9.68. The molecule has 2 rings (SSSR count). The van der Waals surface area contributed by atoms with Crippen molar-refractivity contribution >= 4 is 5.91 Å². The fourth-order valence-electron chi connectivity index (χ4n) is 2.96. The molecule has 1 amide bonds. The Hall–Kier alpha value is -0.610. The molecule has 4 nitrogen and oxygen atoms in total. The number of hydrogen-bond donors (Lipinski definition) is 2. The number of amides is 1. The molecule has 1 heterocycles. The average Bonchev–Trinajstić information content (AvgIpc) is 2.80. The van der Waals surface area contributed by atoms with Gasteiger partial charge in [0.15, 0.2) is 0 Å². The maximum Gasteiger partial charge on any atom is 0.220 e.